The molecule has 0 aliphatic heterocycles. The molecule has 0 unspecified atom stereocenters. The quantitative estimate of drug-likeness (QED) is 0.257. The molecule has 0 atom stereocenters. The van der Waals surface area contributed by atoms with E-state index < -0.39 is 10.1 Å². The summed E-state index contributed by atoms with van der Waals surface area (Å²) in [7, 11) is -3.74. The van der Waals surface area contributed by atoms with E-state index in [4.69, 9.17) is 4.55 Å². The summed E-state index contributed by atoms with van der Waals surface area (Å²) in [5, 5.41) is 0. The SMILES string of the molecule is O=S(=O)(O)CCCCCCCCCCS.[H-].[Na+]. The smallest absolute Gasteiger partial charge is 1.00 e. The molecule has 0 rings (SSSR count). The van der Waals surface area contributed by atoms with Crippen molar-refractivity contribution < 1.29 is 44.0 Å². The number of hydrogen-bond donors (Lipinski definition) is 2. The Labute approximate surface area is 129 Å². The second-order valence-corrected chi connectivity index (χ2v) is 5.86. The van der Waals surface area contributed by atoms with Gasteiger partial charge in [-0.1, -0.05) is 38.5 Å². The summed E-state index contributed by atoms with van der Waals surface area (Å²) in [4.78, 5) is 0. The predicted octanol–water partition coefficient (Wildman–Crippen LogP) is 0.0413. The van der Waals surface area contributed by atoms with Gasteiger partial charge in [-0.2, -0.15) is 21.0 Å². The molecule has 0 aliphatic rings. The topological polar surface area (TPSA) is 54.4 Å². The Balaban J connectivity index is -0.000000980. The van der Waals surface area contributed by atoms with Gasteiger partial charge in [-0.05, 0) is 18.6 Å². The van der Waals surface area contributed by atoms with Crippen molar-refractivity contribution >= 4 is 22.7 Å². The minimum atomic E-state index is -3.74. The van der Waals surface area contributed by atoms with E-state index in [0.29, 0.717) is 6.42 Å². The molecule has 0 saturated carbocycles. The molecular formula is C10H23NaO3S2. The van der Waals surface area contributed by atoms with Crippen molar-refractivity contribution in [2.24, 2.45) is 0 Å². The van der Waals surface area contributed by atoms with Crippen molar-refractivity contribution in [3.05, 3.63) is 0 Å². The van der Waals surface area contributed by atoms with Gasteiger partial charge in [-0.25, -0.2) is 0 Å². The molecule has 0 spiro atoms. The Morgan fingerprint density at radius 2 is 1.25 bits per heavy atom. The van der Waals surface area contributed by atoms with Crippen LogP contribution in [-0.4, -0.2) is 24.5 Å². The zero-order chi connectivity index (χ0) is 11.6. The van der Waals surface area contributed by atoms with Gasteiger partial charge in [-0.15, -0.1) is 0 Å². The number of hydrogen-bond acceptors (Lipinski definition) is 3. The first-order chi connectivity index (χ1) is 7.06. The van der Waals surface area contributed by atoms with Gasteiger partial charge in [-0.3, -0.25) is 4.55 Å². The summed E-state index contributed by atoms with van der Waals surface area (Å²) < 4.78 is 29.3. The number of thiol groups is 1. The fraction of sp³-hybridized carbons (Fsp3) is 1.00. The first-order valence-corrected chi connectivity index (χ1v) is 7.86. The molecule has 0 bridgehead atoms. The standard InChI is InChI=1S/C10H22O3S2.Na.H/c11-15(12,13)10-8-6-4-2-1-3-5-7-9-14;;/h14H,1-10H2,(H,11,12,13);;/q;+1;-1. The molecule has 0 fully saturated rings. The zero-order valence-corrected chi connectivity index (χ0v) is 13.9. The molecule has 16 heavy (non-hydrogen) atoms. The molecule has 0 aromatic carbocycles. The van der Waals surface area contributed by atoms with Crippen molar-refractivity contribution in [2.75, 3.05) is 11.5 Å². The van der Waals surface area contributed by atoms with Crippen LogP contribution in [0.2, 0.25) is 0 Å². The van der Waals surface area contributed by atoms with Gasteiger partial charge >= 0.3 is 29.6 Å². The van der Waals surface area contributed by atoms with Crippen LogP contribution < -0.4 is 29.6 Å². The van der Waals surface area contributed by atoms with Crippen LogP contribution in [0.4, 0.5) is 0 Å². The molecule has 0 heterocycles. The maximum atomic E-state index is 10.4. The summed E-state index contributed by atoms with van der Waals surface area (Å²) in [5.74, 6) is 0.876. The summed E-state index contributed by atoms with van der Waals surface area (Å²) in [6.07, 6.45) is 8.61. The van der Waals surface area contributed by atoms with Crippen LogP contribution in [0.25, 0.3) is 0 Å². The molecule has 94 valence electrons. The van der Waals surface area contributed by atoms with E-state index >= 15 is 0 Å². The van der Waals surface area contributed by atoms with Crippen molar-refractivity contribution in [1.29, 1.82) is 0 Å². The molecule has 0 saturated heterocycles. The predicted molar refractivity (Wildman–Crippen MR) is 68.3 cm³/mol. The van der Waals surface area contributed by atoms with Gasteiger partial charge in [0.25, 0.3) is 10.1 Å². The van der Waals surface area contributed by atoms with E-state index in [2.05, 4.69) is 12.6 Å². The Kier molecular flexibility index (Phi) is 15.6. The van der Waals surface area contributed by atoms with Gasteiger partial charge in [0.05, 0.1) is 5.75 Å². The van der Waals surface area contributed by atoms with E-state index in [-0.39, 0.29) is 36.7 Å². The fourth-order valence-electron chi connectivity index (χ4n) is 1.46. The van der Waals surface area contributed by atoms with Gasteiger partial charge in [0.1, 0.15) is 0 Å². The molecule has 0 radical (unpaired) electrons. The molecule has 0 aliphatic carbocycles. The molecule has 0 amide bonds. The monoisotopic (exact) mass is 278 g/mol. The summed E-state index contributed by atoms with van der Waals surface area (Å²) in [6.45, 7) is 0. The maximum Gasteiger partial charge on any atom is 1.00 e. The average molecular weight is 278 g/mol. The van der Waals surface area contributed by atoms with Crippen LogP contribution in [0.3, 0.4) is 0 Å². The third-order valence-electron chi connectivity index (χ3n) is 2.31. The second-order valence-electron chi connectivity index (χ2n) is 3.84. The van der Waals surface area contributed by atoms with E-state index in [9.17, 15) is 8.42 Å². The maximum absolute atomic E-state index is 10.4. The Bertz CT molecular complexity index is 236. The largest absolute Gasteiger partial charge is 1.00 e. The summed E-state index contributed by atoms with van der Waals surface area (Å²) >= 11 is 4.14. The Hall–Kier alpha value is 1.26. The minimum absolute atomic E-state index is 0. The van der Waals surface area contributed by atoms with Crippen LogP contribution in [0.15, 0.2) is 0 Å². The van der Waals surface area contributed by atoms with Crippen molar-refractivity contribution in [3.8, 4) is 0 Å². The van der Waals surface area contributed by atoms with Crippen LogP contribution >= 0.6 is 12.6 Å². The van der Waals surface area contributed by atoms with Crippen molar-refractivity contribution in [2.45, 2.75) is 51.4 Å². The van der Waals surface area contributed by atoms with Gasteiger partial charge in [0.2, 0.25) is 0 Å². The Morgan fingerprint density at radius 1 is 0.875 bits per heavy atom. The third-order valence-corrected chi connectivity index (χ3v) is 3.43. The van der Waals surface area contributed by atoms with Crippen LogP contribution in [0.5, 0.6) is 0 Å². The molecule has 1 N–H and O–H groups in total. The van der Waals surface area contributed by atoms with Gasteiger partial charge in [0.15, 0.2) is 0 Å². The number of unbranched alkanes of at least 4 members (excludes halogenated alkanes) is 7. The normalized spacial score (nSPS) is 11.1. The van der Waals surface area contributed by atoms with Crippen molar-refractivity contribution in [1.82, 2.24) is 0 Å². The first kappa shape index (κ1) is 19.6. The molecule has 0 aromatic heterocycles. The van der Waals surface area contributed by atoms with Crippen molar-refractivity contribution in [3.63, 3.8) is 0 Å². The zero-order valence-electron chi connectivity index (χ0n) is 11.2. The summed E-state index contributed by atoms with van der Waals surface area (Å²) in [6, 6.07) is 0. The molecular weight excluding hydrogens is 255 g/mol. The number of rotatable bonds is 10. The third kappa shape index (κ3) is 17.6. The molecule has 6 heteroatoms. The van der Waals surface area contributed by atoms with E-state index in [1.165, 1.54) is 25.7 Å². The van der Waals surface area contributed by atoms with Crippen LogP contribution in [-0.2, 0) is 10.1 Å². The van der Waals surface area contributed by atoms with E-state index in [0.717, 1.165) is 25.0 Å². The summed E-state index contributed by atoms with van der Waals surface area (Å²) in [5.41, 5.74) is 0. The Morgan fingerprint density at radius 3 is 1.62 bits per heavy atom. The van der Waals surface area contributed by atoms with E-state index in [1.807, 2.05) is 0 Å². The first-order valence-electron chi connectivity index (χ1n) is 5.62. The van der Waals surface area contributed by atoms with Gasteiger partial charge in [0, 0.05) is 0 Å². The van der Waals surface area contributed by atoms with E-state index in [1.54, 1.807) is 0 Å². The van der Waals surface area contributed by atoms with Gasteiger partial charge < -0.3 is 1.43 Å². The van der Waals surface area contributed by atoms with Crippen LogP contribution in [0, 0.1) is 0 Å². The average Bonchev–Trinajstić information content (AvgIpc) is 2.14. The molecule has 3 nitrogen and oxygen atoms in total. The van der Waals surface area contributed by atoms with Crippen LogP contribution in [0.1, 0.15) is 52.8 Å². The molecule has 0 aromatic rings. The second kappa shape index (κ2) is 12.7. The minimum Gasteiger partial charge on any atom is -1.00 e. The fourth-order valence-corrected chi connectivity index (χ4v) is 2.25.